The standard InChI is InChI=1S/C15H22N2O3S/c1-4-11-7-6-8-17(9-11)15-16-12(14(19)20-5-2)13(21-15)10(3)18/h11H,4-9H2,1-3H3. The zero-order valence-electron chi connectivity index (χ0n) is 12.8. The van der Waals surface area contributed by atoms with Crippen LogP contribution in [0.2, 0.25) is 0 Å². The van der Waals surface area contributed by atoms with Crippen molar-refractivity contribution in [2.24, 2.45) is 5.92 Å². The maximum absolute atomic E-state index is 11.9. The van der Waals surface area contributed by atoms with Gasteiger partial charge in [0.05, 0.1) is 6.61 Å². The average Bonchev–Trinajstić information content (AvgIpc) is 2.93. The Bertz CT molecular complexity index is 527. The molecule has 0 N–H and O–H groups in total. The highest BCUT2D eigenvalue weighted by atomic mass is 32.1. The van der Waals surface area contributed by atoms with Gasteiger partial charge in [0.25, 0.3) is 0 Å². The Labute approximate surface area is 129 Å². The first-order chi connectivity index (χ1) is 10.1. The lowest BCUT2D eigenvalue weighted by atomic mass is 9.96. The minimum Gasteiger partial charge on any atom is -0.461 e. The van der Waals surface area contributed by atoms with Crippen LogP contribution in [0.15, 0.2) is 0 Å². The van der Waals surface area contributed by atoms with Gasteiger partial charge in [-0.3, -0.25) is 4.79 Å². The maximum Gasteiger partial charge on any atom is 0.358 e. The molecule has 5 nitrogen and oxygen atoms in total. The summed E-state index contributed by atoms with van der Waals surface area (Å²) in [7, 11) is 0. The van der Waals surface area contributed by atoms with Gasteiger partial charge < -0.3 is 9.64 Å². The van der Waals surface area contributed by atoms with Crippen LogP contribution < -0.4 is 4.90 Å². The van der Waals surface area contributed by atoms with E-state index in [-0.39, 0.29) is 18.1 Å². The van der Waals surface area contributed by atoms with Crippen LogP contribution in [0.3, 0.4) is 0 Å². The number of ether oxygens (including phenoxy) is 1. The summed E-state index contributed by atoms with van der Waals surface area (Å²) >= 11 is 1.31. The van der Waals surface area contributed by atoms with Crippen molar-refractivity contribution >= 4 is 28.2 Å². The molecule has 0 amide bonds. The lowest BCUT2D eigenvalue weighted by molar-refractivity contribution is 0.0517. The van der Waals surface area contributed by atoms with Crippen LogP contribution in [-0.4, -0.2) is 36.4 Å². The highest BCUT2D eigenvalue weighted by Gasteiger charge is 2.27. The van der Waals surface area contributed by atoms with Crippen molar-refractivity contribution in [2.75, 3.05) is 24.6 Å². The number of carbonyl (C=O) groups is 2. The van der Waals surface area contributed by atoms with E-state index in [1.165, 1.54) is 24.7 Å². The molecule has 0 spiro atoms. The van der Waals surface area contributed by atoms with E-state index in [2.05, 4.69) is 16.8 Å². The van der Waals surface area contributed by atoms with E-state index in [0.29, 0.717) is 10.8 Å². The zero-order valence-corrected chi connectivity index (χ0v) is 13.7. The third-order valence-electron chi connectivity index (χ3n) is 3.77. The highest BCUT2D eigenvalue weighted by Crippen LogP contribution is 2.31. The topological polar surface area (TPSA) is 59.5 Å². The third kappa shape index (κ3) is 3.61. The maximum atomic E-state index is 11.9. The molecule has 0 saturated carbocycles. The molecule has 21 heavy (non-hydrogen) atoms. The summed E-state index contributed by atoms with van der Waals surface area (Å²) in [5.41, 5.74) is 0.169. The number of ketones is 1. The van der Waals surface area contributed by atoms with Crippen molar-refractivity contribution < 1.29 is 14.3 Å². The van der Waals surface area contributed by atoms with Gasteiger partial charge >= 0.3 is 5.97 Å². The van der Waals surface area contributed by atoms with Crippen molar-refractivity contribution in [1.82, 2.24) is 4.98 Å². The second kappa shape index (κ2) is 7.02. The van der Waals surface area contributed by atoms with Gasteiger partial charge in [-0.05, 0) is 25.7 Å². The number of carbonyl (C=O) groups excluding carboxylic acids is 2. The van der Waals surface area contributed by atoms with E-state index in [9.17, 15) is 9.59 Å². The van der Waals surface area contributed by atoms with Crippen molar-refractivity contribution in [3.05, 3.63) is 10.6 Å². The van der Waals surface area contributed by atoms with E-state index >= 15 is 0 Å². The van der Waals surface area contributed by atoms with Crippen LogP contribution >= 0.6 is 11.3 Å². The molecule has 0 radical (unpaired) electrons. The Balaban J connectivity index is 2.26. The van der Waals surface area contributed by atoms with Crippen LogP contribution in [0.1, 0.15) is 60.2 Å². The molecular formula is C15H22N2O3S. The smallest absolute Gasteiger partial charge is 0.358 e. The fourth-order valence-corrected chi connectivity index (χ4v) is 3.58. The number of thiazole rings is 1. The molecule has 116 valence electrons. The summed E-state index contributed by atoms with van der Waals surface area (Å²) in [6, 6.07) is 0. The van der Waals surface area contributed by atoms with E-state index < -0.39 is 5.97 Å². The minimum atomic E-state index is -0.505. The predicted molar refractivity (Wildman–Crippen MR) is 83.3 cm³/mol. The first kappa shape index (κ1) is 15.9. The molecule has 1 aliphatic heterocycles. The summed E-state index contributed by atoms with van der Waals surface area (Å²) in [6.45, 7) is 7.57. The fraction of sp³-hybridized carbons (Fsp3) is 0.667. The van der Waals surface area contributed by atoms with Gasteiger partial charge in [0.1, 0.15) is 4.88 Å². The van der Waals surface area contributed by atoms with Gasteiger partial charge in [-0.1, -0.05) is 24.7 Å². The average molecular weight is 310 g/mol. The second-order valence-corrected chi connectivity index (χ2v) is 6.29. The number of piperidine rings is 1. The summed E-state index contributed by atoms with van der Waals surface area (Å²) in [6.07, 6.45) is 3.51. The SMILES string of the molecule is CCOC(=O)c1nc(N2CCCC(CC)C2)sc1C(C)=O. The first-order valence-electron chi connectivity index (χ1n) is 7.50. The summed E-state index contributed by atoms with van der Waals surface area (Å²) in [5.74, 6) is 0.0228. The monoisotopic (exact) mass is 310 g/mol. The minimum absolute atomic E-state index is 0.133. The van der Waals surface area contributed by atoms with Gasteiger partial charge in [-0.15, -0.1) is 0 Å². The molecule has 0 aliphatic carbocycles. The van der Waals surface area contributed by atoms with E-state index in [1.807, 2.05) is 0 Å². The number of hydrogen-bond acceptors (Lipinski definition) is 6. The molecule has 6 heteroatoms. The van der Waals surface area contributed by atoms with Crippen molar-refractivity contribution in [1.29, 1.82) is 0 Å². The third-order valence-corrected chi connectivity index (χ3v) is 4.99. The zero-order chi connectivity index (χ0) is 15.4. The van der Waals surface area contributed by atoms with Gasteiger partial charge in [0, 0.05) is 20.0 Å². The highest BCUT2D eigenvalue weighted by molar-refractivity contribution is 7.17. The molecule has 1 fully saturated rings. The Morgan fingerprint density at radius 2 is 2.19 bits per heavy atom. The molecule has 0 aromatic carbocycles. The molecule has 1 aliphatic rings. The van der Waals surface area contributed by atoms with Crippen molar-refractivity contribution in [2.45, 2.75) is 40.0 Å². The Hall–Kier alpha value is -1.43. The van der Waals surface area contributed by atoms with Crippen LogP contribution in [0.4, 0.5) is 5.13 Å². The molecule has 2 rings (SSSR count). The van der Waals surface area contributed by atoms with E-state index in [0.717, 1.165) is 31.1 Å². The second-order valence-electron chi connectivity index (χ2n) is 5.31. The largest absolute Gasteiger partial charge is 0.461 e. The molecule has 1 aromatic rings. The normalized spacial score (nSPS) is 18.6. The first-order valence-corrected chi connectivity index (χ1v) is 8.32. The van der Waals surface area contributed by atoms with Crippen LogP contribution in [-0.2, 0) is 4.74 Å². The molecule has 1 atom stereocenters. The molecule has 1 unspecified atom stereocenters. The fourth-order valence-electron chi connectivity index (χ4n) is 2.59. The summed E-state index contributed by atoms with van der Waals surface area (Å²) in [4.78, 5) is 30.7. The van der Waals surface area contributed by atoms with Crippen molar-refractivity contribution in [3.63, 3.8) is 0 Å². The van der Waals surface area contributed by atoms with Crippen LogP contribution in [0.5, 0.6) is 0 Å². The lowest BCUT2D eigenvalue weighted by Crippen LogP contribution is -2.35. The summed E-state index contributed by atoms with van der Waals surface area (Å²) in [5, 5.41) is 0.765. The lowest BCUT2D eigenvalue weighted by Gasteiger charge is -2.31. The number of esters is 1. The molecular weight excluding hydrogens is 288 g/mol. The van der Waals surface area contributed by atoms with Gasteiger partial charge in [-0.2, -0.15) is 0 Å². The Morgan fingerprint density at radius 1 is 1.43 bits per heavy atom. The van der Waals surface area contributed by atoms with Gasteiger partial charge in [0.15, 0.2) is 16.6 Å². The Kier molecular flexibility index (Phi) is 5.33. The summed E-state index contributed by atoms with van der Waals surface area (Å²) < 4.78 is 5.00. The van der Waals surface area contributed by atoms with Gasteiger partial charge in [-0.25, -0.2) is 9.78 Å². The molecule has 1 aromatic heterocycles. The van der Waals surface area contributed by atoms with Crippen LogP contribution in [0, 0.1) is 5.92 Å². The van der Waals surface area contributed by atoms with Crippen LogP contribution in [0.25, 0.3) is 0 Å². The molecule has 1 saturated heterocycles. The number of Topliss-reactive ketones (excluding diaryl/α,β-unsaturated/α-hetero) is 1. The van der Waals surface area contributed by atoms with E-state index in [4.69, 9.17) is 4.74 Å². The quantitative estimate of drug-likeness (QED) is 0.617. The molecule has 0 bridgehead atoms. The Morgan fingerprint density at radius 3 is 2.81 bits per heavy atom. The number of anilines is 1. The number of rotatable bonds is 5. The molecule has 2 heterocycles. The number of nitrogens with zero attached hydrogens (tertiary/aromatic N) is 2. The van der Waals surface area contributed by atoms with Gasteiger partial charge in [0.2, 0.25) is 0 Å². The predicted octanol–water partition coefficient (Wildman–Crippen LogP) is 3.15. The van der Waals surface area contributed by atoms with Crippen molar-refractivity contribution in [3.8, 4) is 0 Å². The van der Waals surface area contributed by atoms with E-state index in [1.54, 1.807) is 6.92 Å². The number of aromatic nitrogens is 1. The number of hydrogen-bond donors (Lipinski definition) is 0.